The Morgan fingerprint density at radius 3 is 3.00 bits per heavy atom. The van der Waals surface area contributed by atoms with E-state index < -0.39 is 12.5 Å². The average molecular weight is 232 g/mol. The van der Waals surface area contributed by atoms with Gasteiger partial charge < -0.3 is 10.4 Å². The third kappa shape index (κ3) is 2.67. The highest BCUT2D eigenvalue weighted by Gasteiger charge is 2.05. The molecule has 0 radical (unpaired) electrons. The number of aliphatic hydroxyl groups is 1. The van der Waals surface area contributed by atoms with Gasteiger partial charge in [-0.2, -0.15) is 5.10 Å². The van der Waals surface area contributed by atoms with Gasteiger partial charge in [0, 0.05) is 11.3 Å². The number of rotatable bonds is 3. The second-order valence-corrected chi connectivity index (χ2v) is 3.53. The third-order valence-corrected chi connectivity index (χ3v) is 2.15. The number of anilines is 1. The lowest BCUT2D eigenvalue weighted by Gasteiger charge is -2.03. The van der Waals surface area contributed by atoms with Crippen molar-refractivity contribution >= 4 is 11.6 Å². The van der Waals surface area contributed by atoms with Crippen molar-refractivity contribution in [2.45, 2.75) is 6.92 Å². The fraction of sp³-hybridized carbons (Fsp3) is 0.182. The molecule has 1 aromatic heterocycles. The van der Waals surface area contributed by atoms with Gasteiger partial charge in [-0.15, -0.1) is 0 Å². The molecule has 88 valence electrons. The van der Waals surface area contributed by atoms with E-state index in [4.69, 9.17) is 5.11 Å². The standard InChI is InChI=1S/C11H12N4O2/c1-7-12-11(15-14-7)8-3-2-4-9(5-8)13-10(17)6-16/h2-5,16H,6H2,1H3,(H,13,17)(H,12,14,15). The SMILES string of the molecule is Cc1nc(-c2cccc(NC(=O)CO)c2)n[nH]1. The topological polar surface area (TPSA) is 90.9 Å². The van der Waals surface area contributed by atoms with Crippen LogP contribution in [0.4, 0.5) is 5.69 Å². The molecule has 0 aliphatic heterocycles. The summed E-state index contributed by atoms with van der Waals surface area (Å²) in [6.45, 7) is 1.28. The Morgan fingerprint density at radius 1 is 1.53 bits per heavy atom. The molecule has 0 bridgehead atoms. The summed E-state index contributed by atoms with van der Waals surface area (Å²) in [4.78, 5) is 15.2. The Morgan fingerprint density at radius 2 is 2.35 bits per heavy atom. The molecule has 1 heterocycles. The number of aromatic nitrogens is 3. The lowest BCUT2D eigenvalue weighted by molar-refractivity contribution is -0.118. The summed E-state index contributed by atoms with van der Waals surface area (Å²) in [5.41, 5.74) is 1.40. The molecule has 3 N–H and O–H groups in total. The zero-order valence-electron chi connectivity index (χ0n) is 9.27. The van der Waals surface area contributed by atoms with E-state index in [9.17, 15) is 4.79 Å². The van der Waals surface area contributed by atoms with E-state index in [1.165, 1.54) is 0 Å². The summed E-state index contributed by atoms with van der Waals surface area (Å²) < 4.78 is 0. The Labute approximate surface area is 97.7 Å². The second-order valence-electron chi connectivity index (χ2n) is 3.53. The van der Waals surface area contributed by atoms with Crippen LogP contribution in [0.3, 0.4) is 0 Å². The van der Waals surface area contributed by atoms with Crippen LogP contribution in [0.15, 0.2) is 24.3 Å². The van der Waals surface area contributed by atoms with Crippen molar-refractivity contribution in [1.29, 1.82) is 0 Å². The number of nitrogens with one attached hydrogen (secondary N) is 2. The van der Waals surface area contributed by atoms with Gasteiger partial charge in [-0.25, -0.2) is 4.98 Å². The smallest absolute Gasteiger partial charge is 0.250 e. The van der Waals surface area contributed by atoms with Crippen molar-refractivity contribution < 1.29 is 9.90 Å². The Balaban J connectivity index is 2.25. The minimum Gasteiger partial charge on any atom is -0.387 e. The highest BCUT2D eigenvalue weighted by Crippen LogP contribution is 2.19. The Bertz CT molecular complexity index is 536. The first-order valence-corrected chi connectivity index (χ1v) is 5.09. The molecule has 6 nitrogen and oxygen atoms in total. The van der Waals surface area contributed by atoms with Crippen LogP contribution in [0.25, 0.3) is 11.4 Å². The zero-order valence-corrected chi connectivity index (χ0v) is 9.27. The van der Waals surface area contributed by atoms with Gasteiger partial charge >= 0.3 is 0 Å². The highest BCUT2D eigenvalue weighted by molar-refractivity contribution is 5.92. The molecule has 0 unspecified atom stereocenters. The number of amides is 1. The molecule has 0 atom stereocenters. The summed E-state index contributed by atoms with van der Waals surface area (Å²) in [7, 11) is 0. The van der Waals surface area contributed by atoms with Crippen LogP contribution < -0.4 is 5.32 Å². The second kappa shape index (κ2) is 4.75. The van der Waals surface area contributed by atoms with Crippen LogP contribution in [-0.2, 0) is 4.79 Å². The molecule has 2 rings (SSSR count). The third-order valence-electron chi connectivity index (χ3n) is 2.15. The fourth-order valence-corrected chi connectivity index (χ4v) is 1.41. The number of hydrogen-bond acceptors (Lipinski definition) is 4. The minimum absolute atomic E-state index is 0.451. The van der Waals surface area contributed by atoms with Gasteiger partial charge in [0.1, 0.15) is 12.4 Å². The van der Waals surface area contributed by atoms with Crippen LogP contribution in [-0.4, -0.2) is 32.8 Å². The molecule has 0 aliphatic carbocycles. The van der Waals surface area contributed by atoms with Gasteiger partial charge in [0.2, 0.25) is 5.91 Å². The van der Waals surface area contributed by atoms with Gasteiger partial charge in [-0.1, -0.05) is 12.1 Å². The number of carbonyl (C=O) groups excluding carboxylic acids is 1. The van der Waals surface area contributed by atoms with E-state index >= 15 is 0 Å². The Kier molecular flexibility index (Phi) is 3.15. The Hall–Kier alpha value is -2.21. The zero-order chi connectivity index (χ0) is 12.3. The normalized spacial score (nSPS) is 10.2. The highest BCUT2D eigenvalue weighted by atomic mass is 16.3. The monoisotopic (exact) mass is 232 g/mol. The van der Waals surface area contributed by atoms with E-state index in [2.05, 4.69) is 20.5 Å². The summed E-state index contributed by atoms with van der Waals surface area (Å²) in [5, 5.41) is 18.0. The number of aryl methyl sites for hydroxylation is 1. The molecule has 1 aromatic carbocycles. The quantitative estimate of drug-likeness (QED) is 0.726. The molecule has 6 heteroatoms. The molecule has 0 fully saturated rings. The lowest BCUT2D eigenvalue weighted by atomic mass is 10.2. The van der Waals surface area contributed by atoms with Crippen molar-refractivity contribution in [2.24, 2.45) is 0 Å². The summed E-state index contributed by atoms with van der Waals surface area (Å²) in [6.07, 6.45) is 0. The number of nitrogens with zero attached hydrogens (tertiary/aromatic N) is 2. The number of aromatic amines is 1. The van der Waals surface area contributed by atoms with E-state index in [1.54, 1.807) is 18.2 Å². The van der Waals surface area contributed by atoms with Gasteiger partial charge in [0.15, 0.2) is 5.82 Å². The molecule has 17 heavy (non-hydrogen) atoms. The first-order valence-electron chi connectivity index (χ1n) is 5.09. The summed E-state index contributed by atoms with van der Waals surface area (Å²) in [6, 6.07) is 7.11. The van der Waals surface area contributed by atoms with Crippen LogP contribution >= 0.6 is 0 Å². The van der Waals surface area contributed by atoms with Gasteiger partial charge in [0.05, 0.1) is 0 Å². The predicted molar refractivity (Wildman–Crippen MR) is 62.3 cm³/mol. The fourth-order valence-electron chi connectivity index (χ4n) is 1.41. The van der Waals surface area contributed by atoms with E-state index in [1.807, 2.05) is 13.0 Å². The number of benzene rings is 1. The van der Waals surface area contributed by atoms with Crippen LogP contribution in [0.1, 0.15) is 5.82 Å². The predicted octanol–water partition coefficient (Wildman–Crippen LogP) is 0.711. The van der Waals surface area contributed by atoms with E-state index in [0.717, 1.165) is 11.4 Å². The largest absolute Gasteiger partial charge is 0.387 e. The molecule has 0 spiro atoms. The van der Waals surface area contributed by atoms with Gasteiger partial charge in [-0.05, 0) is 19.1 Å². The van der Waals surface area contributed by atoms with Crippen molar-refractivity contribution in [2.75, 3.05) is 11.9 Å². The molecule has 0 saturated heterocycles. The first-order chi connectivity index (χ1) is 8.19. The molecule has 1 amide bonds. The number of aliphatic hydroxyl groups excluding tert-OH is 1. The van der Waals surface area contributed by atoms with Crippen LogP contribution in [0.5, 0.6) is 0 Å². The number of carbonyl (C=O) groups is 1. The maximum absolute atomic E-state index is 11.0. The van der Waals surface area contributed by atoms with Gasteiger partial charge in [-0.3, -0.25) is 9.89 Å². The van der Waals surface area contributed by atoms with E-state index in [-0.39, 0.29) is 0 Å². The molecule has 0 aliphatic rings. The van der Waals surface area contributed by atoms with Crippen molar-refractivity contribution in [3.63, 3.8) is 0 Å². The average Bonchev–Trinajstić information content (AvgIpc) is 2.76. The first kappa shape index (κ1) is 11.3. The van der Waals surface area contributed by atoms with E-state index in [0.29, 0.717) is 11.5 Å². The molecular weight excluding hydrogens is 220 g/mol. The maximum Gasteiger partial charge on any atom is 0.250 e. The summed E-state index contributed by atoms with van der Waals surface area (Å²) >= 11 is 0. The summed E-state index contributed by atoms with van der Waals surface area (Å²) in [5.74, 6) is 0.848. The van der Waals surface area contributed by atoms with Crippen molar-refractivity contribution in [1.82, 2.24) is 15.2 Å². The lowest BCUT2D eigenvalue weighted by Crippen LogP contribution is -2.15. The van der Waals surface area contributed by atoms with Gasteiger partial charge in [0.25, 0.3) is 0 Å². The van der Waals surface area contributed by atoms with Crippen molar-refractivity contribution in [3.05, 3.63) is 30.1 Å². The maximum atomic E-state index is 11.0. The molecular formula is C11H12N4O2. The van der Waals surface area contributed by atoms with Crippen molar-refractivity contribution in [3.8, 4) is 11.4 Å². The minimum atomic E-state index is -0.538. The van der Waals surface area contributed by atoms with Crippen LogP contribution in [0.2, 0.25) is 0 Å². The number of H-pyrrole nitrogens is 1. The molecule has 0 saturated carbocycles. The molecule has 2 aromatic rings. The van der Waals surface area contributed by atoms with Crippen LogP contribution in [0, 0.1) is 6.92 Å². The number of hydrogen-bond donors (Lipinski definition) is 3.